The van der Waals surface area contributed by atoms with Gasteiger partial charge in [0, 0.05) is 43.2 Å². The van der Waals surface area contributed by atoms with Gasteiger partial charge < -0.3 is 19.3 Å². The van der Waals surface area contributed by atoms with E-state index in [9.17, 15) is 14.7 Å². The van der Waals surface area contributed by atoms with E-state index < -0.39 is 41.3 Å². The third-order valence-corrected chi connectivity index (χ3v) is 8.51. The van der Waals surface area contributed by atoms with E-state index >= 15 is 0 Å². The number of allylic oxidation sites excluding steroid dienone is 1. The van der Waals surface area contributed by atoms with Crippen molar-refractivity contribution in [3.8, 4) is 0 Å². The topological polar surface area (TPSA) is 88.6 Å². The molecule has 9 heteroatoms. The van der Waals surface area contributed by atoms with E-state index in [2.05, 4.69) is 18.2 Å². The Labute approximate surface area is 217 Å². The molecule has 2 aliphatic rings. The second kappa shape index (κ2) is 11.6. The molecule has 6 atom stereocenters. The van der Waals surface area contributed by atoms with E-state index in [-0.39, 0.29) is 6.10 Å². The van der Waals surface area contributed by atoms with Crippen LogP contribution in [0.25, 0.3) is 0 Å². The first-order valence-corrected chi connectivity index (χ1v) is 13.4. The molecular weight excluding hydrogens is 490 g/mol. The van der Waals surface area contributed by atoms with Crippen LogP contribution in [0.5, 0.6) is 0 Å². The molecule has 1 aliphatic heterocycles. The van der Waals surface area contributed by atoms with Crippen LogP contribution >= 0.6 is 23.5 Å². The van der Waals surface area contributed by atoms with E-state index in [1.54, 1.807) is 18.9 Å². The fourth-order valence-corrected chi connectivity index (χ4v) is 6.31. The average molecular weight is 526 g/mol. The lowest BCUT2D eigenvalue weighted by molar-refractivity contribution is -0.171. The number of amides is 2. The van der Waals surface area contributed by atoms with Crippen molar-refractivity contribution in [3.05, 3.63) is 47.5 Å². The number of benzene rings is 1. The lowest BCUT2D eigenvalue weighted by Crippen LogP contribution is -2.61. The number of ether oxygens (including phenoxy) is 3. The Balaban J connectivity index is 1.82. The molecule has 0 spiro atoms. The van der Waals surface area contributed by atoms with Crippen molar-refractivity contribution >= 4 is 35.5 Å². The van der Waals surface area contributed by atoms with E-state index in [0.29, 0.717) is 23.0 Å². The molecule has 3 rings (SSSR count). The highest BCUT2D eigenvalue weighted by Gasteiger charge is 2.67. The normalized spacial score (nSPS) is 32.0. The maximum atomic E-state index is 12.4. The van der Waals surface area contributed by atoms with Gasteiger partial charge >= 0.3 is 6.09 Å². The van der Waals surface area contributed by atoms with Crippen LogP contribution in [0, 0.1) is 5.92 Å². The maximum Gasteiger partial charge on any atom is 0.432 e. The van der Waals surface area contributed by atoms with Crippen molar-refractivity contribution in [2.45, 2.75) is 82.2 Å². The molecule has 1 aromatic carbocycles. The summed E-state index contributed by atoms with van der Waals surface area (Å²) in [6.45, 7) is 7.25. The molecule has 6 unspecified atom stereocenters. The second-order valence-electron chi connectivity index (χ2n) is 9.83. The van der Waals surface area contributed by atoms with Crippen LogP contribution in [-0.4, -0.2) is 63.9 Å². The average Bonchev–Trinajstić information content (AvgIpc) is 3.48. The highest BCUT2D eigenvalue weighted by atomic mass is 35.5. The second-order valence-corrected chi connectivity index (χ2v) is 11.2. The predicted molar refractivity (Wildman–Crippen MR) is 137 cm³/mol. The molecule has 1 saturated heterocycles. The SMILES string of the molecule is COC1C(OC(=O)N(Cl)C(C)=O)CCC(O)(CSCc2ccccc2)C1C1(C)OC1CC=C(C)C. The summed E-state index contributed by atoms with van der Waals surface area (Å²) in [7, 11) is 1.54. The predicted octanol–water partition coefficient (Wildman–Crippen LogP) is 5.10. The fraction of sp³-hybridized carbons (Fsp3) is 0.615. The number of hydrogen-bond acceptors (Lipinski definition) is 7. The van der Waals surface area contributed by atoms with Crippen molar-refractivity contribution in [2.75, 3.05) is 12.9 Å². The quantitative estimate of drug-likeness (QED) is 0.272. The minimum atomic E-state index is -1.10. The first-order valence-electron chi connectivity index (χ1n) is 11.9. The summed E-state index contributed by atoms with van der Waals surface area (Å²) in [4.78, 5) is 23.9. The minimum Gasteiger partial charge on any atom is -0.442 e. The third-order valence-electron chi connectivity index (χ3n) is 6.90. The van der Waals surface area contributed by atoms with Gasteiger partial charge in [0.25, 0.3) is 0 Å². The Kier molecular flexibility index (Phi) is 9.32. The zero-order chi connectivity index (χ0) is 25.8. The third kappa shape index (κ3) is 6.60. The van der Waals surface area contributed by atoms with Gasteiger partial charge in [-0.2, -0.15) is 16.2 Å². The molecule has 2 amide bonds. The highest BCUT2D eigenvalue weighted by Crippen LogP contribution is 2.55. The number of halogens is 1. The standard InChI is InChI=1S/C26H36ClNO6S/c1-17(2)11-12-21-25(4,34-21)23-22(32-5)20(33-24(30)28(27)18(3)29)13-14-26(23,31)16-35-15-19-9-7-6-8-10-19/h6-11,20-23,31H,12-16H2,1-5H3. The number of rotatable bonds is 9. The first-order chi connectivity index (χ1) is 16.5. The number of carbonyl (C=O) groups excluding carboxylic acids is 2. The van der Waals surface area contributed by atoms with Gasteiger partial charge in [0.05, 0.1) is 11.7 Å². The van der Waals surface area contributed by atoms with Crippen LogP contribution in [0.3, 0.4) is 0 Å². The molecule has 1 N–H and O–H groups in total. The van der Waals surface area contributed by atoms with E-state index in [0.717, 1.165) is 12.2 Å². The van der Waals surface area contributed by atoms with Gasteiger partial charge in [0.1, 0.15) is 17.8 Å². The zero-order valence-corrected chi connectivity index (χ0v) is 22.6. The van der Waals surface area contributed by atoms with Gasteiger partial charge in [0.2, 0.25) is 5.91 Å². The Bertz CT molecular complexity index is 926. The largest absolute Gasteiger partial charge is 0.442 e. The Hall–Kier alpha value is -1.58. The van der Waals surface area contributed by atoms with Crippen LogP contribution in [0.1, 0.15) is 52.5 Å². The van der Waals surface area contributed by atoms with Gasteiger partial charge in [0.15, 0.2) is 0 Å². The molecule has 1 saturated carbocycles. The van der Waals surface area contributed by atoms with Crippen molar-refractivity contribution in [1.29, 1.82) is 0 Å². The van der Waals surface area contributed by atoms with Crippen molar-refractivity contribution < 1.29 is 28.9 Å². The molecule has 2 fully saturated rings. The molecule has 1 aromatic rings. The first kappa shape index (κ1) is 28.0. The molecule has 7 nitrogen and oxygen atoms in total. The molecule has 194 valence electrons. The van der Waals surface area contributed by atoms with Crippen LogP contribution in [0.15, 0.2) is 42.0 Å². The van der Waals surface area contributed by atoms with Gasteiger partial charge in [-0.15, -0.1) is 0 Å². The molecule has 0 bridgehead atoms. The molecule has 35 heavy (non-hydrogen) atoms. The van der Waals surface area contributed by atoms with Crippen LogP contribution in [-0.2, 0) is 24.8 Å². The summed E-state index contributed by atoms with van der Waals surface area (Å²) in [5.41, 5.74) is 0.631. The Morgan fingerprint density at radius 2 is 1.97 bits per heavy atom. The fourth-order valence-electron chi connectivity index (χ4n) is 5.06. The number of epoxide rings is 1. The lowest BCUT2D eigenvalue weighted by Gasteiger charge is -2.49. The summed E-state index contributed by atoms with van der Waals surface area (Å²) in [5.74, 6) is 0.165. The Morgan fingerprint density at radius 3 is 2.57 bits per heavy atom. The summed E-state index contributed by atoms with van der Waals surface area (Å²) < 4.78 is 18.1. The van der Waals surface area contributed by atoms with Gasteiger partial charge in [-0.25, -0.2) is 4.79 Å². The number of hydrogen-bond donors (Lipinski definition) is 1. The molecular formula is C26H36ClNO6S. The number of imide groups is 1. The van der Waals surface area contributed by atoms with E-state index in [1.165, 1.54) is 18.1 Å². The van der Waals surface area contributed by atoms with Crippen LogP contribution in [0.4, 0.5) is 4.79 Å². The van der Waals surface area contributed by atoms with Gasteiger partial charge in [-0.05, 0) is 45.6 Å². The summed E-state index contributed by atoms with van der Waals surface area (Å²) in [6, 6.07) is 10.1. The molecule has 1 heterocycles. The number of thioether (sulfide) groups is 1. The van der Waals surface area contributed by atoms with Crippen LogP contribution in [0.2, 0.25) is 0 Å². The van der Waals surface area contributed by atoms with Gasteiger partial charge in [-0.3, -0.25) is 4.79 Å². The van der Waals surface area contributed by atoms with Gasteiger partial charge in [-0.1, -0.05) is 42.0 Å². The van der Waals surface area contributed by atoms with E-state index in [1.807, 2.05) is 39.0 Å². The molecule has 1 aliphatic carbocycles. The number of carbonyl (C=O) groups is 2. The summed E-state index contributed by atoms with van der Waals surface area (Å²) in [6.07, 6.45) is 1.28. The Morgan fingerprint density at radius 1 is 1.29 bits per heavy atom. The number of nitrogens with zero attached hydrogens (tertiary/aromatic N) is 1. The number of methoxy groups -OCH3 is 1. The van der Waals surface area contributed by atoms with Crippen molar-refractivity contribution in [3.63, 3.8) is 0 Å². The van der Waals surface area contributed by atoms with E-state index in [4.69, 9.17) is 26.0 Å². The van der Waals surface area contributed by atoms with Crippen molar-refractivity contribution in [1.82, 2.24) is 4.42 Å². The lowest BCUT2D eigenvalue weighted by atomic mass is 9.66. The zero-order valence-electron chi connectivity index (χ0n) is 21.0. The number of aliphatic hydroxyl groups is 1. The summed E-state index contributed by atoms with van der Waals surface area (Å²) in [5, 5.41) is 12.0. The molecule has 0 aromatic heterocycles. The highest BCUT2D eigenvalue weighted by molar-refractivity contribution is 7.98. The minimum absolute atomic E-state index is 0.0816. The van der Waals surface area contributed by atoms with Crippen molar-refractivity contribution in [2.24, 2.45) is 5.92 Å². The maximum absolute atomic E-state index is 12.4. The monoisotopic (exact) mass is 525 g/mol. The van der Waals surface area contributed by atoms with Crippen LogP contribution < -0.4 is 0 Å². The molecule has 0 radical (unpaired) electrons. The summed E-state index contributed by atoms with van der Waals surface area (Å²) >= 11 is 7.44. The smallest absolute Gasteiger partial charge is 0.432 e.